The topological polar surface area (TPSA) is 58.6 Å². The van der Waals surface area contributed by atoms with E-state index in [9.17, 15) is 4.79 Å². The molecule has 0 aromatic heterocycles. The van der Waals surface area contributed by atoms with Crippen LogP contribution in [-0.4, -0.2) is 24.2 Å². The summed E-state index contributed by atoms with van der Waals surface area (Å²) in [6.45, 7) is 3.03. The lowest BCUT2D eigenvalue weighted by Crippen LogP contribution is -2.20. The van der Waals surface area contributed by atoms with Crippen LogP contribution in [0.5, 0.6) is 0 Å². The average Bonchev–Trinajstić information content (AvgIpc) is 2.36. The van der Waals surface area contributed by atoms with Crippen LogP contribution in [0.4, 0.5) is 0 Å². The molecule has 0 bridgehead atoms. The fraction of sp³-hybridized carbons (Fsp3) is 0.929. The van der Waals surface area contributed by atoms with Crippen molar-refractivity contribution in [2.24, 2.45) is 0 Å². The maximum atomic E-state index is 11.0. The van der Waals surface area contributed by atoms with E-state index in [-0.39, 0.29) is 5.97 Å². The van der Waals surface area contributed by atoms with Gasteiger partial charge in [0.05, 0.1) is 0 Å². The Hall–Kier alpha value is -0.610. The van der Waals surface area contributed by atoms with Gasteiger partial charge in [0.15, 0.2) is 0 Å². The lowest BCUT2D eigenvalue weighted by molar-refractivity contribution is -0.151. The third-order valence-corrected chi connectivity index (χ3v) is 2.83. The minimum atomic E-state index is -0.165. The van der Waals surface area contributed by atoms with Crippen LogP contribution < -0.4 is 5.48 Å². The van der Waals surface area contributed by atoms with Gasteiger partial charge in [0, 0.05) is 19.6 Å². The minimum absolute atomic E-state index is 0.165. The fourth-order valence-corrected chi connectivity index (χ4v) is 1.76. The zero-order valence-electron chi connectivity index (χ0n) is 11.7. The fourth-order valence-electron chi connectivity index (χ4n) is 1.76. The summed E-state index contributed by atoms with van der Waals surface area (Å²) in [5.41, 5.74) is 2.71. The van der Waals surface area contributed by atoms with Crippen LogP contribution in [0.3, 0.4) is 0 Å². The Bertz CT molecular complexity index is 186. The second kappa shape index (κ2) is 14.5. The lowest BCUT2D eigenvalue weighted by atomic mass is 10.1. The molecule has 0 aliphatic heterocycles. The van der Waals surface area contributed by atoms with Crippen molar-refractivity contribution >= 4 is 5.97 Å². The molecule has 0 saturated heterocycles. The zero-order valence-corrected chi connectivity index (χ0v) is 11.7. The predicted molar refractivity (Wildman–Crippen MR) is 73.0 cm³/mol. The standard InChI is InChI=1S/C14H29NO3/c1-2-11-14(17)18-15-12-9-7-5-3-4-6-8-10-13-16/h15-16H,2-13H2,1H3. The van der Waals surface area contributed by atoms with Crippen molar-refractivity contribution in [3.05, 3.63) is 0 Å². The molecule has 0 spiro atoms. The molecule has 0 aliphatic carbocycles. The number of carbonyl (C=O) groups is 1. The Morgan fingerprint density at radius 2 is 1.56 bits per heavy atom. The number of nitrogens with one attached hydrogen (secondary N) is 1. The number of hydrogen-bond acceptors (Lipinski definition) is 4. The zero-order chi connectivity index (χ0) is 13.5. The van der Waals surface area contributed by atoms with Gasteiger partial charge in [-0.15, -0.1) is 0 Å². The molecule has 0 aromatic rings. The highest BCUT2D eigenvalue weighted by atomic mass is 16.7. The second-order valence-corrected chi connectivity index (χ2v) is 4.67. The van der Waals surface area contributed by atoms with Gasteiger partial charge in [-0.05, 0) is 19.3 Å². The summed E-state index contributed by atoms with van der Waals surface area (Å²) in [5.74, 6) is -0.165. The molecular formula is C14H29NO3. The summed E-state index contributed by atoms with van der Waals surface area (Å²) in [7, 11) is 0. The van der Waals surface area contributed by atoms with Crippen LogP contribution in [-0.2, 0) is 9.63 Å². The van der Waals surface area contributed by atoms with E-state index >= 15 is 0 Å². The molecule has 0 aliphatic rings. The van der Waals surface area contributed by atoms with Gasteiger partial charge in [-0.25, -0.2) is 0 Å². The van der Waals surface area contributed by atoms with Crippen molar-refractivity contribution in [1.29, 1.82) is 0 Å². The molecule has 0 radical (unpaired) electrons. The average molecular weight is 259 g/mol. The smallest absolute Gasteiger partial charge is 0.324 e. The number of rotatable bonds is 13. The molecule has 0 unspecified atom stereocenters. The van der Waals surface area contributed by atoms with Crippen molar-refractivity contribution in [2.75, 3.05) is 13.2 Å². The normalized spacial score (nSPS) is 10.6. The Balaban J connectivity index is 3.01. The molecular weight excluding hydrogens is 230 g/mol. The first kappa shape index (κ1) is 17.4. The number of hydroxylamine groups is 1. The van der Waals surface area contributed by atoms with Gasteiger partial charge in [-0.1, -0.05) is 45.4 Å². The molecule has 4 heteroatoms. The summed E-state index contributed by atoms with van der Waals surface area (Å²) < 4.78 is 0. The van der Waals surface area contributed by atoms with E-state index in [2.05, 4.69) is 5.48 Å². The molecule has 2 N–H and O–H groups in total. The highest BCUT2D eigenvalue weighted by molar-refractivity contribution is 5.68. The first-order valence-electron chi connectivity index (χ1n) is 7.34. The van der Waals surface area contributed by atoms with E-state index in [4.69, 9.17) is 9.94 Å². The summed E-state index contributed by atoms with van der Waals surface area (Å²) in [6.07, 6.45) is 10.6. The number of aliphatic hydroxyl groups is 1. The van der Waals surface area contributed by atoms with Gasteiger partial charge >= 0.3 is 5.97 Å². The number of aliphatic hydroxyl groups excluding tert-OH is 1. The quantitative estimate of drug-likeness (QED) is 0.394. The van der Waals surface area contributed by atoms with Crippen molar-refractivity contribution in [1.82, 2.24) is 5.48 Å². The Morgan fingerprint density at radius 3 is 2.11 bits per heavy atom. The summed E-state index contributed by atoms with van der Waals surface area (Å²) in [4.78, 5) is 15.8. The first-order valence-corrected chi connectivity index (χ1v) is 7.34. The third kappa shape index (κ3) is 13.5. The molecule has 0 aromatic carbocycles. The van der Waals surface area contributed by atoms with Crippen molar-refractivity contribution < 1.29 is 14.7 Å². The molecule has 4 nitrogen and oxygen atoms in total. The van der Waals surface area contributed by atoms with Crippen LogP contribution in [0.25, 0.3) is 0 Å². The van der Waals surface area contributed by atoms with Crippen molar-refractivity contribution in [2.45, 2.75) is 71.1 Å². The van der Waals surface area contributed by atoms with Crippen LogP contribution in [0, 0.1) is 0 Å². The van der Waals surface area contributed by atoms with E-state index in [1.807, 2.05) is 6.92 Å². The van der Waals surface area contributed by atoms with E-state index in [0.29, 0.717) is 13.0 Å². The van der Waals surface area contributed by atoms with E-state index in [0.717, 1.165) is 32.2 Å². The monoisotopic (exact) mass is 259 g/mol. The molecule has 0 amide bonds. The molecule has 108 valence electrons. The number of hydrogen-bond donors (Lipinski definition) is 2. The largest absolute Gasteiger partial charge is 0.396 e. The molecule has 0 rings (SSSR count). The molecule has 0 atom stereocenters. The molecule has 0 fully saturated rings. The third-order valence-electron chi connectivity index (χ3n) is 2.83. The SMILES string of the molecule is CCCC(=O)ONCCCCCCCCCCO. The summed E-state index contributed by atoms with van der Waals surface area (Å²) in [5, 5.41) is 8.62. The number of unbranched alkanes of at least 4 members (excludes halogenated alkanes) is 7. The van der Waals surface area contributed by atoms with Gasteiger partial charge in [0.25, 0.3) is 0 Å². The van der Waals surface area contributed by atoms with Crippen LogP contribution in [0.1, 0.15) is 71.1 Å². The van der Waals surface area contributed by atoms with Gasteiger partial charge in [0.2, 0.25) is 0 Å². The summed E-state index contributed by atoms with van der Waals surface area (Å²) >= 11 is 0. The van der Waals surface area contributed by atoms with Crippen LogP contribution in [0.15, 0.2) is 0 Å². The van der Waals surface area contributed by atoms with Crippen LogP contribution in [0.2, 0.25) is 0 Å². The van der Waals surface area contributed by atoms with E-state index < -0.39 is 0 Å². The van der Waals surface area contributed by atoms with E-state index in [1.165, 1.54) is 32.1 Å². The van der Waals surface area contributed by atoms with Crippen molar-refractivity contribution in [3.8, 4) is 0 Å². The number of carbonyl (C=O) groups excluding carboxylic acids is 1. The molecule has 0 heterocycles. The predicted octanol–water partition coefficient (Wildman–Crippen LogP) is 2.95. The maximum absolute atomic E-state index is 11.0. The summed E-state index contributed by atoms with van der Waals surface area (Å²) in [6, 6.07) is 0. The minimum Gasteiger partial charge on any atom is -0.396 e. The van der Waals surface area contributed by atoms with Gasteiger partial charge < -0.3 is 9.94 Å². The van der Waals surface area contributed by atoms with E-state index in [1.54, 1.807) is 0 Å². The molecule has 0 saturated carbocycles. The van der Waals surface area contributed by atoms with Crippen molar-refractivity contribution in [3.63, 3.8) is 0 Å². The lowest BCUT2D eigenvalue weighted by Gasteiger charge is -2.05. The first-order chi connectivity index (χ1) is 8.81. The van der Waals surface area contributed by atoms with Gasteiger partial charge in [-0.2, -0.15) is 5.48 Å². The Kier molecular flexibility index (Phi) is 14.0. The molecule has 18 heavy (non-hydrogen) atoms. The maximum Gasteiger partial charge on any atom is 0.324 e. The highest BCUT2D eigenvalue weighted by Gasteiger charge is 1.99. The van der Waals surface area contributed by atoms with Crippen LogP contribution >= 0.6 is 0 Å². The Labute approximate surface area is 111 Å². The highest BCUT2D eigenvalue weighted by Crippen LogP contribution is 2.07. The van der Waals surface area contributed by atoms with Gasteiger partial charge in [-0.3, -0.25) is 4.79 Å². The Morgan fingerprint density at radius 1 is 1.00 bits per heavy atom. The second-order valence-electron chi connectivity index (χ2n) is 4.67. The van der Waals surface area contributed by atoms with Gasteiger partial charge in [0.1, 0.15) is 0 Å².